The minimum Gasteiger partial charge on any atom is -0.361 e. The SMILES string of the molecule is Cc1noc(C)c1C(=O)NCC1CCN(C(=O)c2cc3ccccc3s2)CC1. The maximum absolute atomic E-state index is 12.8. The van der Waals surface area contributed by atoms with Gasteiger partial charge in [0.25, 0.3) is 11.8 Å². The van der Waals surface area contributed by atoms with Gasteiger partial charge in [-0.25, -0.2) is 0 Å². The summed E-state index contributed by atoms with van der Waals surface area (Å²) in [4.78, 5) is 27.9. The van der Waals surface area contributed by atoms with Crippen LogP contribution < -0.4 is 5.32 Å². The predicted octanol–water partition coefficient (Wildman–Crippen LogP) is 3.79. The monoisotopic (exact) mass is 397 g/mol. The first-order valence-electron chi connectivity index (χ1n) is 9.52. The lowest BCUT2D eigenvalue weighted by molar-refractivity contribution is 0.0689. The van der Waals surface area contributed by atoms with Crippen LogP contribution in [0.25, 0.3) is 10.1 Å². The van der Waals surface area contributed by atoms with Gasteiger partial charge < -0.3 is 14.7 Å². The second kappa shape index (κ2) is 7.75. The van der Waals surface area contributed by atoms with E-state index in [4.69, 9.17) is 4.52 Å². The number of rotatable bonds is 4. The molecule has 1 N–H and O–H groups in total. The number of nitrogens with zero attached hydrogens (tertiary/aromatic N) is 2. The Bertz CT molecular complexity index is 963. The van der Waals surface area contributed by atoms with Crippen molar-refractivity contribution in [2.75, 3.05) is 19.6 Å². The van der Waals surface area contributed by atoms with E-state index in [-0.39, 0.29) is 11.8 Å². The van der Waals surface area contributed by atoms with Gasteiger partial charge in [-0.1, -0.05) is 23.4 Å². The molecule has 0 radical (unpaired) electrons. The first-order valence-corrected chi connectivity index (χ1v) is 10.3. The van der Waals surface area contributed by atoms with Gasteiger partial charge in [-0.15, -0.1) is 11.3 Å². The van der Waals surface area contributed by atoms with E-state index in [0.29, 0.717) is 29.5 Å². The quantitative estimate of drug-likeness (QED) is 0.727. The Morgan fingerprint density at radius 1 is 1.25 bits per heavy atom. The Hall–Kier alpha value is -2.67. The second-order valence-electron chi connectivity index (χ2n) is 7.29. The van der Waals surface area contributed by atoms with Gasteiger partial charge in [-0.05, 0) is 50.1 Å². The molecule has 1 aliphatic rings. The standard InChI is InChI=1S/C21H23N3O3S/c1-13-19(14(2)27-23-13)20(25)22-12-15-7-9-24(10-8-15)21(26)18-11-16-5-3-4-6-17(16)28-18/h3-6,11,15H,7-10,12H2,1-2H3,(H,22,25). The number of carbonyl (C=O) groups is 2. The Morgan fingerprint density at radius 2 is 2.00 bits per heavy atom. The van der Waals surface area contributed by atoms with Gasteiger partial charge in [-0.2, -0.15) is 0 Å². The molecule has 0 saturated carbocycles. The van der Waals surface area contributed by atoms with E-state index < -0.39 is 0 Å². The maximum Gasteiger partial charge on any atom is 0.263 e. The zero-order valence-electron chi connectivity index (χ0n) is 16.0. The summed E-state index contributed by atoms with van der Waals surface area (Å²) in [5.74, 6) is 0.883. The number of hydrogen-bond acceptors (Lipinski definition) is 5. The van der Waals surface area contributed by atoms with Crippen LogP contribution in [0.4, 0.5) is 0 Å². The first kappa shape index (κ1) is 18.7. The number of fused-ring (bicyclic) bond motifs is 1. The number of aromatic nitrogens is 1. The molecule has 3 aromatic rings. The van der Waals surface area contributed by atoms with E-state index in [1.807, 2.05) is 35.2 Å². The van der Waals surface area contributed by atoms with Gasteiger partial charge in [0.1, 0.15) is 11.3 Å². The van der Waals surface area contributed by atoms with E-state index in [9.17, 15) is 9.59 Å². The molecule has 1 saturated heterocycles. The van der Waals surface area contributed by atoms with Crippen LogP contribution in [0.5, 0.6) is 0 Å². The highest BCUT2D eigenvalue weighted by molar-refractivity contribution is 7.20. The lowest BCUT2D eigenvalue weighted by Gasteiger charge is -2.31. The summed E-state index contributed by atoms with van der Waals surface area (Å²) in [7, 11) is 0. The predicted molar refractivity (Wildman–Crippen MR) is 109 cm³/mol. The van der Waals surface area contributed by atoms with Gasteiger partial charge in [0, 0.05) is 24.3 Å². The topological polar surface area (TPSA) is 75.4 Å². The summed E-state index contributed by atoms with van der Waals surface area (Å²) in [6.07, 6.45) is 1.77. The van der Waals surface area contributed by atoms with Crippen LogP contribution in [0.1, 0.15) is 44.3 Å². The third kappa shape index (κ3) is 3.67. The van der Waals surface area contributed by atoms with Crippen LogP contribution in [0.15, 0.2) is 34.9 Å². The molecular weight excluding hydrogens is 374 g/mol. The molecule has 1 aliphatic heterocycles. The van der Waals surface area contributed by atoms with Gasteiger partial charge in [-0.3, -0.25) is 9.59 Å². The fourth-order valence-corrected chi connectivity index (χ4v) is 4.75. The van der Waals surface area contributed by atoms with E-state index in [1.165, 1.54) is 0 Å². The number of piperidine rings is 1. The van der Waals surface area contributed by atoms with E-state index in [0.717, 1.165) is 40.9 Å². The third-order valence-electron chi connectivity index (χ3n) is 5.35. The molecule has 2 aromatic heterocycles. The van der Waals surface area contributed by atoms with Crippen molar-refractivity contribution < 1.29 is 14.1 Å². The zero-order chi connectivity index (χ0) is 19.7. The molecule has 0 unspecified atom stereocenters. The van der Waals surface area contributed by atoms with E-state index >= 15 is 0 Å². The molecule has 0 aliphatic carbocycles. The Morgan fingerprint density at radius 3 is 2.68 bits per heavy atom. The van der Waals surface area contributed by atoms with Crippen molar-refractivity contribution in [3.63, 3.8) is 0 Å². The van der Waals surface area contributed by atoms with Crippen molar-refractivity contribution in [3.8, 4) is 0 Å². The third-order valence-corrected chi connectivity index (χ3v) is 6.45. The fraction of sp³-hybridized carbons (Fsp3) is 0.381. The normalized spacial score (nSPS) is 15.1. The van der Waals surface area contributed by atoms with Crippen LogP contribution in [-0.4, -0.2) is 41.5 Å². The highest BCUT2D eigenvalue weighted by Crippen LogP contribution is 2.27. The molecule has 3 heterocycles. The van der Waals surface area contributed by atoms with Gasteiger partial charge in [0.15, 0.2) is 0 Å². The number of aryl methyl sites for hydroxylation is 2. The van der Waals surface area contributed by atoms with E-state index in [2.05, 4.69) is 10.5 Å². The van der Waals surface area contributed by atoms with Crippen LogP contribution in [0, 0.1) is 19.8 Å². The number of thiophene rings is 1. The summed E-state index contributed by atoms with van der Waals surface area (Å²) in [5, 5.41) is 7.93. The average molecular weight is 398 g/mol. The minimum atomic E-state index is -0.139. The van der Waals surface area contributed by atoms with Gasteiger partial charge in [0.05, 0.1) is 10.6 Å². The Balaban J connectivity index is 1.30. The summed E-state index contributed by atoms with van der Waals surface area (Å²) < 4.78 is 6.20. The molecule has 0 atom stereocenters. The van der Waals surface area contributed by atoms with Crippen molar-refractivity contribution >= 4 is 33.2 Å². The first-order chi connectivity index (χ1) is 13.5. The van der Waals surface area contributed by atoms with Crippen LogP contribution >= 0.6 is 11.3 Å². The molecule has 0 bridgehead atoms. The van der Waals surface area contributed by atoms with Gasteiger partial charge in [0.2, 0.25) is 0 Å². The van der Waals surface area contributed by atoms with Crippen LogP contribution in [0.2, 0.25) is 0 Å². The molecule has 146 valence electrons. The summed E-state index contributed by atoms with van der Waals surface area (Å²) in [6, 6.07) is 10.1. The number of nitrogens with one attached hydrogen (secondary N) is 1. The number of benzene rings is 1. The summed E-state index contributed by atoms with van der Waals surface area (Å²) in [5.41, 5.74) is 1.14. The average Bonchev–Trinajstić information content (AvgIpc) is 3.29. The molecule has 6 nitrogen and oxygen atoms in total. The number of carbonyl (C=O) groups excluding carboxylic acids is 2. The highest BCUT2D eigenvalue weighted by Gasteiger charge is 2.26. The molecule has 28 heavy (non-hydrogen) atoms. The molecule has 1 fully saturated rings. The highest BCUT2D eigenvalue weighted by atomic mass is 32.1. The number of likely N-dealkylation sites (tertiary alicyclic amines) is 1. The van der Waals surface area contributed by atoms with Crippen LogP contribution in [0.3, 0.4) is 0 Å². The largest absolute Gasteiger partial charge is 0.361 e. The van der Waals surface area contributed by atoms with Crippen molar-refractivity contribution in [3.05, 3.63) is 52.2 Å². The van der Waals surface area contributed by atoms with Gasteiger partial charge >= 0.3 is 0 Å². The summed E-state index contributed by atoms with van der Waals surface area (Å²) >= 11 is 1.55. The van der Waals surface area contributed by atoms with Crippen molar-refractivity contribution in [1.82, 2.24) is 15.4 Å². The van der Waals surface area contributed by atoms with E-state index in [1.54, 1.807) is 25.2 Å². The molecule has 2 amide bonds. The molecule has 0 spiro atoms. The number of amides is 2. The lowest BCUT2D eigenvalue weighted by atomic mass is 9.96. The van der Waals surface area contributed by atoms with Crippen molar-refractivity contribution in [2.24, 2.45) is 5.92 Å². The second-order valence-corrected chi connectivity index (χ2v) is 8.38. The molecule has 7 heteroatoms. The fourth-order valence-electron chi connectivity index (χ4n) is 3.72. The lowest BCUT2D eigenvalue weighted by Crippen LogP contribution is -2.41. The molecular formula is C21H23N3O3S. The minimum absolute atomic E-state index is 0.111. The zero-order valence-corrected chi connectivity index (χ0v) is 16.8. The molecule has 4 rings (SSSR count). The smallest absolute Gasteiger partial charge is 0.263 e. The van der Waals surface area contributed by atoms with Crippen molar-refractivity contribution in [1.29, 1.82) is 0 Å². The van der Waals surface area contributed by atoms with Crippen LogP contribution in [-0.2, 0) is 0 Å². The number of hydrogen-bond donors (Lipinski definition) is 1. The Kier molecular flexibility index (Phi) is 5.17. The Labute approximate surface area is 167 Å². The molecule has 1 aromatic carbocycles. The maximum atomic E-state index is 12.8. The van der Waals surface area contributed by atoms with Crippen molar-refractivity contribution in [2.45, 2.75) is 26.7 Å². The summed E-state index contributed by atoms with van der Waals surface area (Å²) in [6.45, 7) is 5.56.